The predicted molar refractivity (Wildman–Crippen MR) is 123 cm³/mol. The number of benzene rings is 1. The number of nitrogens with zero attached hydrogens (tertiary/aromatic N) is 4. The SMILES string of the molecule is CNC(=O)c1cc(C2CC2)nc2c1c(C1CCN(C(=O)Cc3ccc(F)cc3)CC1)nn2C. The van der Waals surface area contributed by atoms with Crippen LogP contribution in [0.25, 0.3) is 11.0 Å². The van der Waals surface area contributed by atoms with Crippen LogP contribution in [0.3, 0.4) is 0 Å². The number of carbonyl (C=O) groups excluding carboxylic acids is 2. The minimum absolute atomic E-state index is 0.0488. The molecule has 1 aliphatic heterocycles. The van der Waals surface area contributed by atoms with Gasteiger partial charge in [0.25, 0.3) is 5.91 Å². The summed E-state index contributed by atoms with van der Waals surface area (Å²) < 4.78 is 14.9. The molecule has 1 aromatic carbocycles. The quantitative estimate of drug-likeness (QED) is 0.648. The first-order valence-electron chi connectivity index (χ1n) is 11.6. The van der Waals surface area contributed by atoms with Crippen molar-refractivity contribution in [3.05, 3.63) is 58.7 Å². The van der Waals surface area contributed by atoms with Gasteiger partial charge in [-0.25, -0.2) is 9.37 Å². The topological polar surface area (TPSA) is 80.1 Å². The molecule has 0 atom stereocenters. The van der Waals surface area contributed by atoms with Gasteiger partial charge in [0.05, 0.1) is 23.1 Å². The number of hydrogen-bond acceptors (Lipinski definition) is 4. The normalized spacial score (nSPS) is 16.9. The number of carbonyl (C=O) groups is 2. The zero-order valence-electron chi connectivity index (χ0n) is 19.0. The highest BCUT2D eigenvalue weighted by Gasteiger charge is 2.32. The number of aromatic nitrogens is 3. The third-order valence-electron chi connectivity index (χ3n) is 6.81. The Labute approximate surface area is 192 Å². The molecule has 2 amide bonds. The number of nitrogens with one attached hydrogen (secondary N) is 1. The Morgan fingerprint density at radius 2 is 1.79 bits per heavy atom. The molecule has 3 heterocycles. The molecule has 5 rings (SSSR count). The lowest BCUT2D eigenvalue weighted by molar-refractivity contribution is -0.131. The van der Waals surface area contributed by atoms with E-state index in [2.05, 4.69) is 5.32 Å². The second-order valence-electron chi connectivity index (χ2n) is 9.11. The van der Waals surface area contributed by atoms with Crippen LogP contribution in [-0.2, 0) is 18.3 Å². The summed E-state index contributed by atoms with van der Waals surface area (Å²) >= 11 is 0. The van der Waals surface area contributed by atoms with E-state index in [-0.39, 0.29) is 30.0 Å². The third kappa shape index (κ3) is 4.21. The fraction of sp³-hybridized carbons (Fsp3) is 0.440. The second-order valence-corrected chi connectivity index (χ2v) is 9.11. The first-order valence-corrected chi connectivity index (χ1v) is 11.6. The van der Waals surface area contributed by atoms with Crippen LogP contribution in [0.5, 0.6) is 0 Å². The standard InChI is InChI=1S/C25H28FN5O2/c1-27-25(33)19-14-20(16-5-6-16)28-24-22(19)23(29-30(24)2)17-9-11-31(12-10-17)21(32)13-15-3-7-18(26)8-4-15/h3-4,7-8,14,16-17H,5-6,9-13H2,1-2H3,(H,27,33). The maximum atomic E-state index is 13.1. The fourth-order valence-electron chi connectivity index (χ4n) is 4.78. The van der Waals surface area contributed by atoms with Crippen LogP contribution in [0, 0.1) is 5.82 Å². The molecule has 2 aliphatic rings. The highest BCUT2D eigenvalue weighted by Crippen LogP contribution is 2.41. The molecule has 1 saturated heterocycles. The van der Waals surface area contributed by atoms with Crippen LogP contribution >= 0.6 is 0 Å². The monoisotopic (exact) mass is 449 g/mol. The van der Waals surface area contributed by atoms with Gasteiger partial charge in [-0.2, -0.15) is 5.10 Å². The van der Waals surface area contributed by atoms with Crippen molar-refractivity contribution in [1.82, 2.24) is 25.0 Å². The zero-order chi connectivity index (χ0) is 23.1. The predicted octanol–water partition coefficient (Wildman–Crippen LogP) is 3.29. The molecule has 8 heteroatoms. The van der Waals surface area contributed by atoms with E-state index in [0.29, 0.717) is 24.6 Å². The molecule has 0 bridgehead atoms. The van der Waals surface area contributed by atoms with E-state index < -0.39 is 0 Å². The van der Waals surface area contributed by atoms with Gasteiger partial charge in [0, 0.05) is 44.7 Å². The maximum Gasteiger partial charge on any atom is 0.251 e. The second kappa shape index (κ2) is 8.57. The van der Waals surface area contributed by atoms with Crippen LogP contribution in [0.4, 0.5) is 4.39 Å². The van der Waals surface area contributed by atoms with E-state index in [1.165, 1.54) is 12.1 Å². The highest BCUT2D eigenvalue weighted by molar-refractivity contribution is 6.06. The summed E-state index contributed by atoms with van der Waals surface area (Å²) in [6, 6.07) is 8.01. The Hall–Kier alpha value is -3.29. The summed E-state index contributed by atoms with van der Waals surface area (Å²) in [7, 11) is 3.52. The number of hydrogen-bond donors (Lipinski definition) is 1. The van der Waals surface area contributed by atoms with Crippen LogP contribution < -0.4 is 5.32 Å². The van der Waals surface area contributed by atoms with E-state index in [9.17, 15) is 14.0 Å². The van der Waals surface area contributed by atoms with Crippen molar-refractivity contribution in [1.29, 1.82) is 0 Å². The van der Waals surface area contributed by atoms with Gasteiger partial charge >= 0.3 is 0 Å². The van der Waals surface area contributed by atoms with E-state index in [1.807, 2.05) is 18.0 Å². The number of halogens is 1. The summed E-state index contributed by atoms with van der Waals surface area (Å²) in [6.45, 7) is 1.26. The number of amides is 2. The van der Waals surface area contributed by atoms with Gasteiger partial charge in [-0.3, -0.25) is 14.3 Å². The average Bonchev–Trinajstić information content (AvgIpc) is 3.63. The van der Waals surface area contributed by atoms with Gasteiger partial charge in [0.1, 0.15) is 5.82 Å². The Bertz CT molecular complexity index is 1210. The molecule has 0 spiro atoms. The molecular formula is C25H28FN5O2. The lowest BCUT2D eigenvalue weighted by Crippen LogP contribution is -2.39. The third-order valence-corrected chi connectivity index (χ3v) is 6.81. The first-order chi connectivity index (χ1) is 15.9. The fourth-order valence-corrected chi connectivity index (χ4v) is 4.78. The number of likely N-dealkylation sites (tertiary alicyclic amines) is 1. The van der Waals surface area contributed by atoms with Crippen molar-refractivity contribution in [2.45, 2.75) is 43.9 Å². The number of aryl methyl sites for hydroxylation is 1. The van der Waals surface area contributed by atoms with Crippen molar-refractivity contribution in [3.8, 4) is 0 Å². The van der Waals surface area contributed by atoms with Crippen molar-refractivity contribution in [2.75, 3.05) is 20.1 Å². The van der Waals surface area contributed by atoms with Gasteiger partial charge in [-0.15, -0.1) is 0 Å². The number of fused-ring (bicyclic) bond motifs is 1. The van der Waals surface area contributed by atoms with Crippen molar-refractivity contribution in [2.24, 2.45) is 7.05 Å². The zero-order valence-corrected chi connectivity index (χ0v) is 19.0. The summed E-state index contributed by atoms with van der Waals surface area (Å²) in [6.07, 6.45) is 4.05. The number of pyridine rings is 1. The van der Waals surface area contributed by atoms with Crippen LogP contribution in [0.15, 0.2) is 30.3 Å². The molecule has 0 radical (unpaired) electrons. The van der Waals surface area contributed by atoms with Gasteiger partial charge in [0.2, 0.25) is 5.91 Å². The van der Waals surface area contributed by atoms with Gasteiger partial charge < -0.3 is 10.2 Å². The van der Waals surface area contributed by atoms with Crippen molar-refractivity contribution in [3.63, 3.8) is 0 Å². The molecule has 33 heavy (non-hydrogen) atoms. The number of piperidine rings is 1. The summed E-state index contributed by atoms with van der Waals surface area (Å²) in [4.78, 5) is 32.2. The molecule has 1 N–H and O–H groups in total. The molecule has 7 nitrogen and oxygen atoms in total. The van der Waals surface area contributed by atoms with Crippen molar-refractivity contribution < 1.29 is 14.0 Å². The van der Waals surface area contributed by atoms with Crippen LogP contribution in [-0.4, -0.2) is 51.6 Å². The largest absolute Gasteiger partial charge is 0.355 e. The van der Waals surface area contributed by atoms with Crippen LogP contribution in [0.2, 0.25) is 0 Å². The molecule has 1 saturated carbocycles. The maximum absolute atomic E-state index is 13.1. The van der Waals surface area contributed by atoms with Gasteiger partial charge in [-0.05, 0) is 49.4 Å². The van der Waals surface area contributed by atoms with Gasteiger partial charge in [0.15, 0.2) is 5.65 Å². The Morgan fingerprint density at radius 1 is 1.09 bits per heavy atom. The molecule has 172 valence electrons. The Balaban J connectivity index is 1.36. The molecular weight excluding hydrogens is 421 g/mol. The minimum Gasteiger partial charge on any atom is -0.355 e. The molecule has 2 fully saturated rings. The summed E-state index contributed by atoms with van der Waals surface area (Å²) in [5, 5.41) is 8.39. The van der Waals surface area contributed by atoms with E-state index in [4.69, 9.17) is 10.1 Å². The average molecular weight is 450 g/mol. The molecule has 3 aromatic rings. The van der Waals surface area contributed by atoms with Gasteiger partial charge in [-0.1, -0.05) is 12.1 Å². The summed E-state index contributed by atoms with van der Waals surface area (Å²) in [5.41, 5.74) is 4.07. The Morgan fingerprint density at radius 3 is 2.42 bits per heavy atom. The lowest BCUT2D eigenvalue weighted by atomic mass is 9.90. The van der Waals surface area contributed by atoms with E-state index >= 15 is 0 Å². The van der Waals surface area contributed by atoms with Crippen molar-refractivity contribution >= 4 is 22.8 Å². The molecule has 2 aromatic heterocycles. The van der Waals surface area contributed by atoms with E-state index in [0.717, 1.165) is 53.7 Å². The smallest absolute Gasteiger partial charge is 0.251 e. The highest BCUT2D eigenvalue weighted by atomic mass is 19.1. The lowest BCUT2D eigenvalue weighted by Gasteiger charge is -2.31. The van der Waals surface area contributed by atoms with Crippen LogP contribution in [0.1, 0.15) is 64.8 Å². The minimum atomic E-state index is -0.301. The molecule has 1 aliphatic carbocycles. The number of rotatable bonds is 5. The Kier molecular flexibility index (Phi) is 5.60. The van der Waals surface area contributed by atoms with E-state index in [1.54, 1.807) is 23.9 Å². The summed E-state index contributed by atoms with van der Waals surface area (Å²) in [5.74, 6) is 0.217. The molecule has 0 unspecified atom stereocenters. The first kappa shape index (κ1) is 21.6.